The van der Waals surface area contributed by atoms with Crippen LogP contribution >= 0.6 is 0 Å². The van der Waals surface area contributed by atoms with Gasteiger partial charge in [-0.3, -0.25) is 9.59 Å². The Morgan fingerprint density at radius 3 is 2.00 bits per heavy atom. The van der Waals surface area contributed by atoms with Crippen LogP contribution in [0.4, 0.5) is 0 Å². The Bertz CT molecular complexity index is 445. The maximum absolute atomic E-state index is 12.4. The van der Waals surface area contributed by atoms with Gasteiger partial charge in [0, 0.05) is 13.3 Å². The van der Waals surface area contributed by atoms with E-state index in [0.717, 1.165) is 12.8 Å². The molecule has 3 unspecified atom stereocenters. The molecule has 0 aromatic rings. The molecule has 2 N–H and O–H groups in total. The number of esters is 1. The van der Waals surface area contributed by atoms with Crippen LogP contribution < -0.4 is 0 Å². The van der Waals surface area contributed by atoms with Crippen molar-refractivity contribution in [3.8, 4) is 0 Å². The number of carbonyl (C=O) groups is 2. The van der Waals surface area contributed by atoms with E-state index in [9.17, 15) is 19.8 Å². The zero-order valence-corrected chi connectivity index (χ0v) is 15.7. The van der Waals surface area contributed by atoms with Gasteiger partial charge in [0.25, 0.3) is 0 Å². The molecule has 0 fully saturated rings. The van der Waals surface area contributed by atoms with E-state index >= 15 is 0 Å². The van der Waals surface area contributed by atoms with Gasteiger partial charge in [0.1, 0.15) is 6.10 Å². The van der Waals surface area contributed by atoms with E-state index in [1.54, 1.807) is 0 Å². The summed E-state index contributed by atoms with van der Waals surface area (Å²) in [7, 11) is 0. The molecule has 5 heteroatoms. The normalized spacial score (nSPS) is 25.3. The lowest BCUT2D eigenvalue weighted by atomic mass is 9.88. The third-order valence-corrected chi connectivity index (χ3v) is 4.85. The van der Waals surface area contributed by atoms with Crippen LogP contribution in [0.2, 0.25) is 0 Å². The summed E-state index contributed by atoms with van der Waals surface area (Å²) in [5, 5.41) is 20.5. The van der Waals surface area contributed by atoms with Gasteiger partial charge in [-0.25, -0.2) is 0 Å². The Balaban J connectivity index is 2.21. The Labute approximate surface area is 151 Å². The van der Waals surface area contributed by atoms with Gasteiger partial charge in [0.2, 0.25) is 0 Å². The van der Waals surface area contributed by atoms with Crippen molar-refractivity contribution in [2.24, 2.45) is 0 Å². The van der Waals surface area contributed by atoms with Gasteiger partial charge in [-0.15, -0.1) is 0 Å². The van der Waals surface area contributed by atoms with E-state index in [0.29, 0.717) is 6.42 Å². The molecule has 5 nitrogen and oxygen atoms in total. The fraction of sp³-hybridized carbons (Fsp3) is 0.800. The molecule has 144 valence electrons. The van der Waals surface area contributed by atoms with Crippen molar-refractivity contribution >= 4 is 11.8 Å². The van der Waals surface area contributed by atoms with Crippen molar-refractivity contribution in [2.45, 2.75) is 102 Å². The number of ether oxygens (including phenoxy) is 1. The SMILES string of the molecule is CCCCCCCCCCCCC(=O)C1(O)C(O)C=CC1OC(C)=O. The second kappa shape index (κ2) is 11.4. The molecule has 0 aromatic heterocycles. The highest BCUT2D eigenvalue weighted by molar-refractivity contribution is 5.90. The van der Waals surface area contributed by atoms with E-state index in [-0.39, 0.29) is 6.42 Å². The van der Waals surface area contributed by atoms with Crippen LogP contribution in [0.3, 0.4) is 0 Å². The number of ketones is 1. The first kappa shape index (κ1) is 21.8. The molecule has 1 rings (SSSR count). The van der Waals surface area contributed by atoms with Gasteiger partial charge in [-0.1, -0.05) is 70.8 Å². The predicted molar refractivity (Wildman–Crippen MR) is 97.1 cm³/mol. The number of aliphatic hydroxyl groups excluding tert-OH is 1. The first-order chi connectivity index (χ1) is 11.9. The minimum Gasteiger partial charge on any atom is -0.455 e. The quantitative estimate of drug-likeness (QED) is 0.301. The van der Waals surface area contributed by atoms with E-state index in [4.69, 9.17) is 4.74 Å². The fourth-order valence-electron chi connectivity index (χ4n) is 3.27. The van der Waals surface area contributed by atoms with Crippen LogP contribution in [-0.2, 0) is 14.3 Å². The van der Waals surface area contributed by atoms with E-state index in [1.165, 1.54) is 64.0 Å². The summed E-state index contributed by atoms with van der Waals surface area (Å²) < 4.78 is 4.96. The highest BCUT2D eigenvalue weighted by atomic mass is 16.6. The zero-order valence-electron chi connectivity index (χ0n) is 15.7. The largest absolute Gasteiger partial charge is 0.455 e. The molecule has 25 heavy (non-hydrogen) atoms. The topological polar surface area (TPSA) is 83.8 Å². The molecular weight excluding hydrogens is 320 g/mol. The lowest BCUT2D eigenvalue weighted by Crippen LogP contribution is -2.55. The summed E-state index contributed by atoms with van der Waals surface area (Å²) in [5.41, 5.74) is -2.04. The summed E-state index contributed by atoms with van der Waals surface area (Å²) in [4.78, 5) is 23.5. The minimum absolute atomic E-state index is 0.184. The average molecular weight is 354 g/mol. The first-order valence-corrected chi connectivity index (χ1v) is 9.72. The van der Waals surface area contributed by atoms with Crippen molar-refractivity contribution in [1.29, 1.82) is 0 Å². The van der Waals surface area contributed by atoms with Crippen molar-refractivity contribution in [3.63, 3.8) is 0 Å². The molecule has 0 amide bonds. The monoisotopic (exact) mass is 354 g/mol. The molecule has 1 aliphatic rings. The molecular formula is C20H34O5. The first-order valence-electron chi connectivity index (χ1n) is 9.72. The summed E-state index contributed by atoms with van der Waals surface area (Å²) in [5.74, 6) is -1.05. The Hall–Kier alpha value is -1.20. The van der Waals surface area contributed by atoms with Crippen molar-refractivity contribution in [2.75, 3.05) is 0 Å². The van der Waals surface area contributed by atoms with Crippen molar-refractivity contribution in [1.82, 2.24) is 0 Å². The maximum Gasteiger partial charge on any atom is 0.303 e. The molecule has 0 aromatic carbocycles. The number of carbonyl (C=O) groups excluding carboxylic acids is 2. The Morgan fingerprint density at radius 1 is 0.960 bits per heavy atom. The summed E-state index contributed by atoms with van der Waals surface area (Å²) in [6.45, 7) is 3.43. The lowest BCUT2D eigenvalue weighted by Gasteiger charge is -2.30. The van der Waals surface area contributed by atoms with Crippen LogP contribution in [0.1, 0.15) is 84.5 Å². The Kier molecular flexibility index (Phi) is 9.98. The molecule has 3 atom stereocenters. The zero-order chi connectivity index (χ0) is 18.7. The fourth-order valence-corrected chi connectivity index (χ4v) is 3.27. The molecule has 0 aliphatic heterocycles. The number of rotatable bonds is 13. The molecule has 0 saturated carbocycles. The molecule has 0 radical (unpaired) electrons. The van der Waals surface area contributed by atoms with Crippen molar-refractivity contribution in [3.05, 3.63) is 12.2 Å². The Morgan fingerprint density at radius 2 is 1.48 bits per heavy atom. The molecule has 0 bridgehead atoms. The average Bonchev–Trinajstić information content (AvgIpc) is 2.85. The van der Waals surface area contributed by atoms with Crippen LogP contribution in [0.15, 0.2) is 12.2 Å². The summed E-state index contributed by atoms with van der Waals surface area (Å²) >= 11 is 0. The molecule has 0 heterocycles. The van der Waals surface area contributed by atoms with Crippen LogP contribution in [0.5, 0.6) is 0 Å². The number of Topliss-reactive ketones (excluding diaryl/α,β-unsaturated/α-hetero) is 1. The van der Waals surface area contributed by atoms with Crippen LogP contribution in [0.25, 0.3) is 0 Å². The highest BCUT2D eigenvalue weighted by Gasteiger charge is 2.52. The number of hydrogen-bond acceptors (Lipinski definition) is 5. The molecule has 0 spiro atoms. The summed E-state index contributed by atoms with van der Waals surface area (Å²) in [6.07, 6.45) is 12.0. The van der Waals surface area contributed by atoms with E-state index in [2.05, 4.69) is 6.92 Å². The predicted octanol–water partition coefficient (Wildman–Crippen LogP) is 3.46. The second-order valence-corrected chi connectivity index (χ2v) is 7.04. The van der Waals surface area contributed by atoms with Gasteiger partial charge in [-0.2, -0.15) is 0 Å². The van der Waals surface area contributed by atoms with Crippen LogP contribution in [0, 0.1) is 0 Å². The van der Waals surface area contributed by atoms with Crippen molar-refractivity contribution < 1.29 is 24.5 Å². The molecule has 0 saturated heterocycles. The number of aliphatic hydroxyl groups is 2. The van der Waals surface area contributed by atoms with Gasteiger partial charge in [-0.05, 0) is 12.5 Å². The minimum atomic E-state index is -2.04. The van der Waals surface area contributed by atoms with Gasteiger partial charge >= 0.3 is 5.97 Å². The van der Waals surface area contributed by atoms with Crippen LogP contribution in [-0.4, -0.2) is 39.8 Å². The van der Waals surface area contributed by atoms with Gasteiger partial charge in [0.15, 0.2) is 17.5 Å². The maximum atomic E-state index is 12.4. The third-order valence-electron chi connectivity index (χ3n) is 4.85. The van der Waals surface area contributed by atoms with Gasteiger partial charge in [0.05, 0.1) is 0 Å². The molecule has 1 aliphatic carbocycles. The smallest absolute Gasteiger partial charge is 0.303 e. The van der Waals surface area contributed by atoms with Gasteiger partial charge < -0.3 is 14.9 Å². The lowest BCUT2D eigenvalue weighted by molar-refractivity contribution is -0.172. The van der Waals surface area contributed by atoms with E-state index in [1.807, 2.05) is 0 Å². The number of unbranched alkanes of at least 4 members (excludes halogenated alkanes) is 9. The third kappa shape index (κ3) is 6.90. The van der Waals surface area contributed by atoms with E-state index < -0.39 is 29.6 Å². The second-order valence-electron chi connectivity index (χ2n) is 7.04. The number of hydrogen-bond donors (Lipinski definition) is 2. The summed E-state index contributed by atoms with van der Waals surface area (Å²) in [6, 6.07) is 0. The standard InChI is InChI=1S/C20H34O5/c1-3-4-5-6-7-8-9-10-11-12-13-17(22)20(24)18(23)14-15-19(20)25-16(2)21/h14-15,18-19,23-24H,3-13H2,1-2H3. The highest BCUT2D eigenvalue weighted by Crippen LogP contribution is 2.30.